The lowest BCUT2D eigenvalue weighted by molar-refractivity contribution is -0.946. The van der Waals surface area contributed by atoms with Gasteiger partial charge in [-0.2, -0.15) is 0 Å². The molecule has 1 N–H and O–H groups in total. The number of esters is 1. The van der Waals surface area contributed by atoms with Gasteiger partial charge in [-0.05, 0) is 23.1 Å². The van der Waals surface area contributed by atoms with Crippen LogP contribution in [0.2, 0.25) is 0 Å². The maximum Gasteiger partial charge on any atom is 0.348 e. The van der Waals surface area contributed by atoms with E-state index in [2.05, 4.69) is 30.3 Å². The number of rotatable bonds is 8. The van der Waals surface area contributed by atoms with Crippen LogP contribution in [0.4, 0.5) is 0 Å². The molecule has 2 bridgehead atoms. The largest absolute Gasteiger partial charge is 1.00 e. The average Bonchev–Trinajstić information content (AvgIpc) is 2.90. The van der Waals surface area contributed by atoms with E-state index in [1.54, 1.807) is 24.3 Å². The van der Waals surface area contributed by atoms with Crippen molar-refractivity contribution in [3.05, 3.63) is 108 Å². The summed E-state index contributed by atoms with van der Waals surface area (Å²) in [5, 5.41) is 11.8. The number of carbonyl (C=O) groups excluding carboxylic acids is 1. The molecule has 3 saturated heterocycles. The van der Waals surface area contributed by atoms with Crippen molar-refractivity contribution >= 4 is 5.97 Å². The first-order valence-electron chi connectivity index (χ1n) is 12.5. The third-order valence-corrected chi connectivity index (χ3v) is 7.92. The van der Waals surface area contributed by atoms with Gasteiger partial charge in [0.2, 0.25) is 5.60 Å². The van der Waals surface area contributed by atoms with Crippen LogP contribution in [0, 0.1) is 5.92 Å². The fourth-order valence-electron chi connectivity index (χ4n) is 5.92. The molecule has 3 aromatic carbocycles. The monoisotopic (exact) mass is 535 g/mol. The Bertz CT molecular complexity index is 1040. The highest BCUT2D eigenvalue weighted by Gasteiger charge is 2.50. The molecule has 35 heavy (non-hydrogen) atoms. The molecule has 0 unspecified atom stereocenters. The van der Waals surface area contributed by atoms with Crippen LogP contribution < -0.4 is 17.0 Å². The molecule has 5 heteroatoms. The highest BCUT2D eigenvalue weighted by molar-refractivity contribution is 5.85. The topological polar surface area (TPSA) is 46.5 Å². The highest BCUT2D eigenvalue weighted by atomic mass is 79.9. The van der Waals surface area contributed by atoms with E-state index in [0.717, 1.165) is 56.3 Å². The van der Waals surface area contributed by atoms with Crippen molar-refractivity contribution in [2.45, 2.75) is 37.4 Å². The minimum Gasteiger partial charge on any atom is -1.00 e. The molecular formula is C30H34BrNO3. The fraction of sp³-hybridized carbons (Fsp3) is 0.367. The Morgan fingerprint density at radius 1 is 0.857 bits per heavy atom. The molecule has 3 aromatic rings. The maximum absolute atomic E-state index is 13.6. The third-order valence-electron chi connectivity index (χ3n) is 7.92. The summed E-state index contributed by atoms with van der Waals surface area (Å²) in [7, 11) is 0. The molecule has 0 saturated carbocycles. The van der Waals surface area contributed by atoms with E-state index in [1.165, 1.54) is 5.56 Å². The summed E-state index contributed by atoms with van der Waals surface area (Å²) in [5.74, 6) is -0.181. The quantitative estimate of drug-likeness (QED) is 0.353. The number of piperidine rings is 3. The molecule has 3 aliphatic heterocycles. The summed E-state index contributed by atoms with van der Waals surface area (Å²) in [6.07, 6.45) is 4.23. The fourth-order valence-corrected chi connectivity index (χ4v) is 5.92. The predicted molar refractivity (Wildman–Crippen MR) is 133 cm³/mol. The van der Waals surface area contributed by atoms with Gasteiger partial charge in [-0.3, -0.25) is 0 Å². The first kappa shape index (κ1) is 25.6. The minimum atomic E-state index is -1.81. The van der Waals surface area contributed by atoms with Gasteiger partial charge >= 0.3 is 5.97 Å². The number of aliphatic hydroxyl groups is 1. The van der Waals surface area contributed by atoms with Crippen LogP contribution in [-0.2, 0) is 21.6 Å². The lowest BCUT2D eigenvalue weighted by Crippen LogP contribution is -3.00. The lowest BCUT2D eigenvalue weighted by atomic mass is 9.82. The second kappa shape index (κ2) is 11.1. The van der Waals surface area contributed by atoms with Crippen LogP contribution in [0.3, 0.4) is 0 Å². The van der Waals surface area contributed by atoms with Gasteiger partial charge < -0.3 is 31.3 Å². The maximum atomic E-state index is 13.6. The Labute approximate surface area is 218 Å². The average molecular weight is 537 g/mol. The van der Waals surface area contributed by atoms with E-state index in [9.17, 15) is 9.90 Å². The zero-order valence-corrected chi connectivity index (χ0v) is 21.6. The normalized spacial score (nSPS) is 23.3. The van der Waals surface area contributed by atoms with Crippen LogP contribution in [0.15, 0.2) is 91.0 Å². The Kier molecular flexibility index (Phi) is 8.10. The molecule has 3 heterocycles. The van der Waals surface area contributed by atoms with Crippen LogP contribution >= 0.6 is 0 Å². The first-order chi connectivity index (χ1) is 16.6. The summed E-state index contributed by atoms with van der Waals surface area (Å²) in [4.78, 5) is 13.6. The minimum absolute atomic E-state index is 0. The van der Waals surface area contributed by atoms with Gasteiger partial charge in [0, 0.05) is 25.2 Å². The number of ether oxygens (including phenoxy) is 1. The molecular weight excluding hydrogens is 502 g/mol. The molecule has 184 valence electrons. The number of carbonyl (C=O) groups is 1. The number of benzene rings is 3. The molecule has 4 nitrogen and oxygen atoms in total. The summed E-state index contributed by atoms with van der Waals surface area (Å²) in [5.41, 5.74) is 0.650. The molecule has 1 atom stereocenters. The van der Waals surface area contributed by atoms with E-state index in [4.69, 9.17) is 4.74 Å². The number of hydrogen-bond donors (Lipinski definition) is 1. The summed E-state index contributed by atoms with van der Waals surface area (Å²) < 4.78 is 7.21. The first-order valence-corrected chi connectivity index (χ1v) is 12.5. The number of halogens is 1. The van der Waals surface area contributed by atoms with Crippen LogP contribution in [0.1, 0.15) is 36.0 Å². The van der Waals surface area contributed by atoms with E-state index in [-0.39, 0.29) is 23.1 Å². The van der Waals surface area contributed by atoms with Crippen LogP contribution in [-0.4, -0.2) is 47.8 Å². The molecule has 0 aliphatic carbocycles. The van der Waals surface area contributed by atoms with Crippen molar-refractivity contribution in [2.75, 3.05) is 26.2 Å². The zero-order chi connectivity index (χ0) is 23.4. The van der Waals surface area contributed by atoms with Gasteiger partial charge in [-0.1, -0.05) is 91.0 Å². The Morgan fingerprint density at radius 3 is 1.91 bits per heavy atom. The predicted octanol–water partition coefficient (Wildman–Crippen LogP) is 1.71. The standard InChI is InChI=1S/C30H34NO3.BrH/c32-29(30(33,26-14-6-2-7-15-26)27-16-8-3-9-17-27)34-28-23-31(21-18-25(28)19-22-31)20-10-13-24-11-4-1-5-12-24;/h1-9,11-12,14-17,25,28,33H,10,13,18-23H2;1H/q+1;/p-1/t25?,28-,31?;/m0./s1. The van der Waals surface area contributed by atoms with Crippen molar-refractivity contribution < 1.29 is 36.1 Å². The second-order valence-electron chi connectivity index (χ2n) is 10.0. The third kappa shape index (κ3) is 5.37. The Balaban J connectivity index is 0.00000289. The van der Waals surface area contributed by atoms with Gasteiger partial charge in [0.25, 0.3) is 0 Å². The number of quaternary nitrogens is 1. The molecule has 3 fully saturated rings. The van der Waals surface area contributed by atoms with Crippen LogP contribution in [0.5, 0.6) is 0 Å². The van der Waals surface area contributed by atoms with Gasteiger partial charge in [0.1, 0.15) is 6.54 Å². The Morgan fingerprint density at radius 2 is 1.37 bits per heavy atom. The smallest absolute Gasteiger partial charge is 0.348 e. The number of hydrogen-bond acceptors (Lipinski definition) is 3. The number of fused-ring (bicyclic) bond motifs is 3. The van der Waals surface area contributed by atoms with Crippen LogP contribution in [0.25, 0.3) is 0 Å². The van der Waals surface area contributed by atoms with E-state index >= 15 is 0 Å². The van der Waals surface area contributed by atoms with Gasteiger partial charge in [-0.25, -0.2) is 4.79 Å². The lowest BCUT2D eigenvalue weighted by Gasteiger charge is -2.52. The van der Waals surface area contributed by atoms with Crippen molar-refractivity contribution in [2.24, 2.45) is 5.92 Å². The van der Waals surface area contributed by atoms with Gasteiger partial charge in [-0.15, -0.1) is 0 Å². The van der Waals surface area contributed by atoms with Gasteiger partial charge in [0.05, 0.1) is 19.6 Å². The molecule has 3 aliphatic rings. The molecule has 0 aromatic heterocycles. The molecule has 0 radical (unpaired) electrons. The Hall–Kier alpha value is -2.47. The SMILES string of the molecule is O=C(O[C@H]1C[N+]2(CCCc3ccccc3)CCC1CC2)C(O)(c1ccccc1)c1ccccc1.[Br-]. The van der Waals surface area contributed by atoms with E-state index in [1.807, 2.05) is 36.4 Å². The van der Waals surface area contributed by atoms with Crippen molar-refractivity contribution in [3.8, 4) is 0 Å². The van der Waals surface area contributed by atoms with Crippen molar-refractivity contribution in [1.29, 1.82) is 0 Å². The molecule has 0 spiro atoms. The summed E-state index contributed by atoms with van der Waals surface area (Å²) in [6.45, 7) is 4.28. The van der Waals surface area contributed by atoms with Gasteiger partial charge in [0.15, 0.2) is 6.10 Å². The molecule has 0 amide bonds. The number of nitrogens with zero attached hydrogens (tertiary/aromatic N) is 1. The second-order valence-corrected chi connectivity index (χ2v) is 10.0. The number of aryl methyl sites for hydroxylation is 1. The summed E-state index contributed by atoms with van der Waals surface area (Å²) >= 11 is 0. The van der Waals surface area contributed by atoms with Crippen molar-refractivity contribution in [3.63, 3.8) is 0 Å². The van der Waals surface area contributed by atoms with E-state index in [0.29, 0.717) is 17.0 Å². The van der Waals surface area contributed by atoms with Crippen molar-refractivity contribution in [1.82, 2.24) is 0 Å². The highest BCUT2D eigenvalue weighted by Crippen LogP contribution is 2.38. The molecule has 6 rings (SSSR count). The zero-order valence-electron chi connectivity index (χ0n) is 20.1. The summed E-state index contributed by atoms with van der Waals surface area (Å²) in [6, 6.07) is 29.0. The van der Waals surface area contributed by atoms with E-state index < -0.39 is 11.6 Å².